The molecule has 2 aromatic rings. The van der Waals surface area contributed by atoms with Crippen LogP contribution in [0.4, 0.5) is 11.4 Å². The number of aryl methyl sites for hydroxylation is 2. The van der Waals surface area contributed by atoms with Gasteiger partial charge in [-0.15, -0.1) is 0 Å². The lowest BCUT2D eigenvalue weighted by atomic mass is 10.0. The fraction of sp³-hybridized carbons (Fsp3) is 0.300. The highest BCUT2D eigenvalue weighted by atomic mass is 16.7. The zero-order valence-corrected chi connectivity index (χ0v) is 14.7. The highest BCUT2D eigenvalue weighted by Crippen LogP contribution is 2.48. The Morgan fingerprint density at radius 3 is 2.12 bits per heavy atom. The van der Waals surface area contributed by atoms with E-state index in [4.69, 9.17) is 9.47 Å². The maximum Gasteiger partial charge on any atom is 0.240 e. The van der Waals surface area contributed by atoms with E-state index in [1.54, 1.807) is 18.2 Å². The second-order valence-electron chi connectivity index (χ2n) is 6.93. The molecule has 0 spiro atoms. The summed E-state index contributed by atoms with van der Waals surface area (Å²) < 4.78 is 10.6. The van der Waals surface area contributed by atoms with E-state index in [-0.39, 0.29) is 18.6 Å². The van der Waals surface area contributed by atoms with Crippen LogP contribution in [-0.2, 0) is 9.59 Å². The lowest BCUT2D eigenvalue weighted by Crippen LogP contribution is -2.35. The number of ether oxygens (including phenoxy) is 2. The van der Waals surface area contributed by atoms with Gasteiger partial charge in [0.1, 0.15) is 5.41 Å². The monoisotopic (exact) mass is 352 g/mol. The van der Waals surface area contributed by atoms with Gasteiger partial charge in [0.2, 0.25) is 18.6 Å². The first kappa shape index (κ1) is 16.4. The first-order valence-corrected chi connectivity index (χ1v) is 8.57. The van der Waals surface area contributed by atoms with Crippen LogP contribution in [0.15, 0.2) is 36.4 Å². The summed E-state index contributed by atoms with van der Waals surface area (Å²) in [6, 6.07) is 11.0. The van der Waals surface area contributed by atoms with Crippen molar-refractivity contribution in [2.75, 3.05) is 17.4 Å². The molecule has 1 aliphatic heterocycles. The third-order valence-electron chi connectivity index (χ3n) is 4.73. The van der Waals surface area contributed by atoms with Crippen molar-refractivity contribution in [3.05, 3.63) is 47.5 Å². The molecule has 1 saturated carbocycles. The molecule has 6 nitrogen and oxygen atoms in total. The fourth-order valence-electron chi connectivity index (χ4n) is 3.20. The third kappa shape index (κ3) is 2.98. The summed E-state index contributed by atoms with van der Waals surface area (Å²) in [5.74, 6) is 0.683. The van der Waals surface area contributed by atoms with Crippen LogP contribution in [0.25, 0.3) is 0 Å². The van der Waals surface area contributed by atoms with E-state index in [1.807, 2.05) is 32.0 Å². The van der Waals surface area contributed by atoms with Crippen LogP contribution in [0, 0.1) is 19.3 Å². The van der Waals surface area contributed by atoms with E-state index in [0.717, 1.165) is 16.8 Å². The van der Waals surface area contributed by atoms with Gasteiger partial charge < -0.3 is 20.1 Å². The summed E-state index contributed by atoms with van der Waals surface area (Å²) in [5.41, 5.74) is 2.43. The molecule has 2 aliphatic rings. The van der Waals surface area contributed by atoms with Crippen LogP contribution >= 0.6 is 0 Å². The van der Waals surface area contributed by atoms with Crippen molar-refractivity contribution < 1.29 is 19.1 Å². The number of nitrogens with one attached hydrogen (secondary N) is 2. The summed E-state index contributed by atoms with van der Waals surface area (Å²) in [4.78, 5) is 25.4. The van der Waals surface area contributed by atoms with Crippen molar-refractivity contribution >= 4 is 23.2 Å². The van der Waals surface area contributed by atoms with Gasteiger partial charge in [0.15, 0.2) is 11.5 Å². The molecule has 1 fully saturated rings. The van der Waals surface area contributed by atoms with Crippen LogP contribution in [0.2, 0.25) is 0 Å². The van der Waals surface area contributed by atoms with Crippen molar-refractivity contribution in [2.24, 2.45) is 5.41 Å². The zero-order chi connectivity index (χ0) is 18.3. The lowest BCUT2D eigenvalue weighted by molar-refractivity contribution is -0.131. The minimum atomic E-state index is -1.01. The minimum Gasteiger partial charge on any atom is -0.454 e. The van der Waals surface area contributed by atoms with Gasteiger partial charge in [0, 0.05) is 17.4 Å². The molecule has 0 saturated heterocycles. The average Bonchev–Trinajstić information content (AvgIpc) is 3.27. The number of rotatable bonds is 4. The van der Waals surface area contributed by atoms with Crippen molar-refractivity contribution in [1.29, 1.82) is 0 Å². The second-order valence-corrected chi connectivity index (χ2v) is 6.93. The molecule has 1 heterocycles. The van der Waals surface area contributed by atoms with Gasteiger partial charge in [-0.05, 0) is 62.1 Å². The average molecular weight is 352 g/mol. The van der Waals surface area contributed by atoms with Crippen molar-refractivity contribution in [1.82, 2.24) is 0 Å². The SMILES string of the molecule is Cc1cc(C)cc(NC(=O)C2(C(=O)Nc3ccc4c(c3)OCO4)CC2)c1. The van der Waals surface area contributed by atoms with Crippen LogP contribution in [-0.4, -0.2) is 18.6 Å². The standard InChI is InChI=1S/C20H20N2O4/c1-12-7-13(2)9-15(8-12)22-19(24)20(5-6-20)18(23)21-14-3-4-16-17(10-14)26-11-25-16/h3-4,7-10H,5-6,11H2,1-2H3,(H,21,23)(H,22,24). The summed E-state index contributed by atoms with van der Waals surface area (Å²) in [5, 5.41) is 5.72. The number of hydrogen-bond donors (Lipinski definition) is 2. The van der Waals surface area contributed by atoms with Crippen LogP contribution < -0.4 is 20.1 Å². The number of fused-ring (bicyclic) bond motifs is 1. The molecule has 2 aromatic carbocycles. The van der Waals surface area contributed by atoms with Crippen molar-refractivity contribution in [2.45, 2.75) is 26.7 Å². The number of anilines is 2. The molecular formula is C20H20N2O4. The van der Waals surface area contributed by atoms with Crippen LogP contribution in [0.3, 0.4) is 0 Å². The minimum absolute atomic E-state index is 0.176. The van der Waals surface area contributed by atoms with Crippen molar-refractivity contribution in [3.8, 4) is 11.5 Å². The fourth-order valence-corrected chi connectivity index (χ4v) is 3.20. The van der Waals surface area contributed by atoms with E-state index >= 15 is 0 Å². The first-order valence-electron chi connectivity index (χ1n) is 8.57. The second kappa shape index (κ2) is 6.05. The number of benzene rings is 2. The number of hydrogen-bond acceptors (Lipinski definition) is 4. The van der Waals surface area contributed by atoms with Gasteiger partial charge in [-0.3, -0.25) is 9.59 Å². The highest BCUT2D eigenvalue weighted by molar-refractivity contribution is 6.17. The predicted octanol–water partition coefficient (Wildman–Crippen LogP) is 3.39. The van der Waals surface area contributed by atoms with E-state index in [9.17, 15) is 9.59 Å². The molecule has 4 rings (SSSR count). The third-order valence-corrected chi connectivity index (χ3v) is 4.73. The summed E-state index contributed by atoms with van der Waals surface area (Å²) in [7, 11) is 0. The molecule has 0 bridgehead atoms. The molecule has 0 radical (unpaired) electrons. The summed E-state index contributed by atoms with van der Waals surface area (Å²) in [6.45, 7) is 4.12. The Hall–Kier alpha value is -3.02. The summed E-state index contributed by atoms with van der Waals surface area (Å²) in [6.07, 6.45) is 1.08. The highest BCUT2D eigenvalue weighted by Gasteiger charge is 2.56. The maximum absolute atomic E-state index is 12.7. The largest absolute Gasteiger partial charge is 0.454 e. The Morgan fingerprint density at radius 2 is 1.46 bits per heavy atom. The normalized spacial score (nSPS) is 16.1. The van der Waals surface area contributed by atoms with Crippen LogP contribution in [0.5, 0.6) is 11.5 Å². The van der Waals surface area contributed by atoms with Crippen molar-refractivity contribution in [3.63, 3.8) is 0 Å². The Kier molecular flexibility index (Phi) is 3.83. The maximum atomic E-state index is 12.7. The van der Waals surface area contributed by atoms with E-state index in [0.29, 0.717) is 30.0 Å². The molecule has 134 valence electrons. The molecule has 1 aliphatic carbocycles. The smallest absolute Gasteiger partial charge is 0.240 e. The molecule has 26 heavy (non-hydrogen) atoms. The van der Waals surface area contributed by atoms with Gasteiger partial charge in [0.05, 0.1) is 0 Å². The summed E-state index contributed by atoms with van der Waals surface area (Å²) >= 11 is 0. The number of carbonyl (C=O) groups is 2. The Labute approximate surface area is 151 Å². The number of carbonyl (C=O) groups excluding carboxylic acids is 2. The van der Waals surface area contributed by atoms with E-state index < -0.39 is 5.41 Å². The lowest BCUT2D eigenvalue weighted by Gasteiger charge is -2.16. The molecule has 2 N–H and O–H groups in total. The molecular weight excluding hydrogens is 332 g/mol. The molecule has 0 atom stereocenters. The molecule has 0 unspecified atom stereocenters. The van der Waals surface area contributed by atoms with E-state index in [2.05, 4.69) is 10.6 Å². The van der Waals surface area contributed by atoms with E-state index in [1.165, 1.54) is 0 Å². The molecule has 0 aromatic heterocycles. The van der Waals surface area contributed by atoms with Crippen LogP contribution in [0.1, 0.15) is 24.0 Å². The van der Waals surface area contributed by atoms with Gasteiger partial charge in [-0.2, -0.15) is 0 Å². The zero-order valence-electron chi connectivity index (χ0n) is 14.7. The van der Waals surface area contributed by atoms with Gasteiger partial charge >= 0.3 is 0 Å². The Balaban J connectivity index is 1.47. The molecule has 2 amide bonds. The Bertz CT molecular complexity index is 882. The van der Waals surface area contributed by atoms with Gasteiger partial charge in [-0.1, -0.05) is 6.07 Å². The van der Waals surface area contributed by atoms with Gasteiger partial charge in [-0.25, -0.2) is 0 Å². The first-order chi connectivity index (χ1) is 12.5. The Morgan fingerprint density at radius 1 is 0.846 bits per heavy atom. The quantitative estimate of drug-likeness (QED) is 0.827. The number of amides is 2. The van der Waals surface area contributed by atoms with Gasteiger partial charge in [0.25, 0.3) is 0 Å². The topological polar surface area (TPSA) is 76.7 Å². The molecule has 6 heteroatoms. The predicted molar refractivity (Wildman–Crippen MR) is 97.4 cm³/mol.